The molecule has 142 valence electrons. The third-order valence-electron chi connectivity index (χ3n) is 4.29. The first-order chi connectivity index (χ1) is 13.1. The highest BCUT2D eigenvalue weighted by Gasteiger charge is 2.54. The molecule has 2 aromatic rings. The summed E-state index contributed by atoms with van der Waals surface area (Å²) in [5, 5.41) is 0. The Hall–Kier alpha value is -2.34. The molecule has 0 unspecified atom stereocenters. The number of fused-ring (bicyclic) bond motifs is 1. The topological polar surface area (TPSA) is 80.3 Å². The molecule has 2 fully saturated rings. The number of para-hydroxylation sites is 1. The van der Waals surface area contributed by atoms with Crippen molar-refractivity contribution >= 4 is 13.8 Å². The molecule has 8 heteroatoms. The first-order valence-electron chi connectivity index (χ1n) is 8.62. The van der Waals surface area contributed by atoms with E-state index < -0.39 is 32.1 Å². The number of hydrogen-bond donors (Lipinski definition) is 0. The largest absolute Gasteiger partial charge is 0.509 e. The van der Waals surface area contributed by atoms with Crippen molar-refractivity contribution in [1.82, 2.24) is 0 Å². The number of ether oxygens (including phenoxy) is 3. The summed E-state index contributed by atoms with van der Waals surface area (Å²) in [6.07, 6.45) is -2.96. The Bertz CT molecular complexity index is 826. The second kappa shape index (κ2) is 7.72. The predicted molar refractivity (Wildman–Crippen MR) is 95.7 cm³/mol. The van der Waals surface area contributed by atoms with E-state index in [0.29, 0.717) is 12.4 Å². The molecule has 4 atom stereocenters. The molecular weight excluding hydrogens is 371 g/mol. The summed E-state index contributed by atoms with van der Waals surface area (Å²) in [7, 11) is -3.54. The first kappa shape index (κ1) is 18.0. The number of carbonyl (C=O) groups excluding carboxylic acids is 1. The maximum atomic E-state index is 13.1. The summed E-state index contributed by atoms with van der Waals surface area (Å²) >= 11 is 0. The fourth-order valence-electron chi connectivity index (χ4n) is 3.08. The highest BCUT2D eigenvalue weighted by molar-refractivity contribution is 7.54. The molecule has 2 aliphatic heterocycles. The summed E-state index contributed by atoms with van der Waals surface area (Å²) in [6.45, 7) is 0.450. The lowest BCUT2D eigenvalue weighted by molar-refractivity contribution is -0.0438. The van der Waals surface area contributed by atoms with Crippen LogP contribution in [0, 0.1) is 0 Å². The van der Waals surface area contributed by atoms with Gasteiger partial charge in [0.15, 0.2) is 12.2 Å². The van der Waals surface area contributed by atoms with Crippen molar-refractivity contribution in [2.45, 2.75) is 24.9 Å². The molecule has 2 aromatic carbocycles. The maximum absolute atomic E-state index is 13.1. The number of hydrogen-bond acceptors (Lipinski definition) is 7. The summed E-state index contributed by atoms with van der Waals surface area (Å²) < 4.78 is 40.5. The summed E-state index contributed by atoms with van der Waals surface area (Å²) in [4.78, 5) is 11.5. The summed E-state index contributed by atoms with van der Waals surface area (Å²) in [5.74, 6) is 0.425. The first-order valence-corrected chi connectivity index (χ1v) is 10.4. The molecule has 0 amide bonds. The van der Waals surface area contributed by atoms with Gasteiger partial charge in [0.25, 0.3) is 0 Å². The van der Waals surface area contributed by atoms with Gasteiger partial charge in [0.05, 0.1) is 13.2 Å². The Labute approximate surface area is 156 Å². The van der Waals surface area contributed by atoms with E-state index in [1.807, 2.05) is 36.4 Å². The Morgan fingerprint density at radius 3 is 2.44 bits per heavy atom. The molecular formula is C19H19O7P. The Morgan fingerprint density at radius 1 is 1.00 bits per heavy atom. The highest BCUT2D eigenvalue weighted by Crippen LogP contribution is 2.55. The van der Waals surface area contributed by atoms with Crippen molar-refractivity contribution in [3.63, 3.8) is 0 Å². The fraction of sp³-hybridized carbons (Fsp3) is 0.316. The van der Waals surface area contributed by atoms with Crippen LogP contribution in [0.25, 0.3) is 0 Å². The lowest BCUT2D eigenvalue weighted by Gasteiger charge is -2.34. The third-order valence-corrected chi connectivity index (χ3v) is 6.18. The van der Waals surface area contributed by atoms with Crippen LogP contribution >= 0.6 is 7.60 Å². The van der Waals surface area contributed by atoms with E-state index in [9.17, 15) is 9.36 Å². The number of rotatable bonds is 6. The molecule has 2 aliphatic rings. The Morgan fingerprint density at radius 2 is 1.70 bits per heavy atom. The van der Waals surface area contributed by atoms with E-state index in [2.05, 4.69) is 0 Å². The van der Waals surface area contributed by atoms with E-state index in [1.165, 1.54) is 0 Å². The quantitative estimate of drug-likeness (QED) is 0.549. The molecule has 0 aliphatic carbocycles. The molecule has 2 saturated heterocycles. The second-order valence-electron chi connectivity index (χ2n) is 6.33. The van der Waals surface area contributed by atoms with E-state index in [-0.39, 0.29) is 12.8 Å². The third kappa shape index (κ3) is 4.33. The average Bonchev–Trinajstić information content (AvgIpc) is 3.03. The van der Waals surface area contributed by atoms with E-state index in [1.54, 1.807) is 24.3 Å². The zero-order valence-electron chi connectivity index (χ0n) is 14.4. The van der Waals surface area contributed by atoms with Gasteiger partial charge >= 0.3 is 13.8 Å². The van der Waals surface area contributed by atoms with Crippen molar-refractivity contribution in [2.75, 3.05) is 12.8 Å². The molecule has 0 N–H and O–H groups in total. The smallest absolute Gasteiger partial charge is 0.426 e. The molecule has 0 radical (unpaired) electrons. The number of carbonyl (C=O) groups is 1. The summed E-state index contributed by atoms with van der Waals surface area (Å²) in [5.41, 5.74) is 0.994. The zero-order valence-corrected chi connectivity index (χ0v) is 15.3. The van der Waals surface area contributed by atoms with E-state index in [0.717, 1.165) is 5.56 Å². The normalized spacial score (nSPS) is 29.5. The standard InChI is InChI=1S/C19H19O7P/c20-19-23-17-13-27(21,25-15-9-5-2-6-10-15)26-16(18(17)24-19)12-22-11-14-7-3-1-4-8-14/h1-10,16-18H,11-13H2/t16-,17+,18-,27-/m1/s1. The van der Waals surface area contributed by atoms with Crippen molar-refractivity contribution in [1.29, 1.82) is 0 Å². The van der Waals surface area contributed by atoms with Crippen LogP contribution in [-0.4, -0.2) is 37.2 Å². The monoisotopic (exact) mass is 390 g/mol. The van der Waals surface area contributed by atoms with Crippen LogP contribution in [0.2, 0.25) is 0 Å². The van der Waals surface area contributed by atoms with Gasteiger partial charge in [-0.3, -0.25) is 4.52 Å². The minimum atomic E-state index is -3.54. The van der Waals surface area contributed by atoms with Crippen molar-refractivity contribution < 1.29 is 32.6 Å². The minimum absolute atomic E-state index is 0.0620. The predicted octanol–water partition coefficient (Wildman–Crippen LogP) is 3.78. The van der Waals surface area contributed by atoms with Crippen LogP contribution in [0.1, 0.15) is 5.56 Å². The fourth-order valence-corrected chi connectivity index (χ4v) is 5.05. The molecule has 0 aromatic heterocycles. The maximum Gasteiger partial charge on any atom is 0.509 e. The van der Waals surface area contributed by atoms with E-state index in [4.69, 9.17) is 23.3 Å². The van der Waals surface area contributed by atoms with Crippen molar-refractivity contribution in [3.05, 3.63) is 66.2 Å². The van der Waals surface area contributed by atoms with Gasteiger partial charge in [0.1, 0.15) is 18.0 Å². The molecule has 0 spiro atoms. The van der Waals surface area contributed by atoms with Crippen LogP contribution in [0.15, 0.2) is 60.7 Å². The minimum Gasteiger partial charge on any atom is -0.426 e. The molecule has 0 saturated carbocycles. The molecule has 4 rings (SSSR count). The van der Waals surface area contributed by atoms with Gasteiger partial charge in [-0.2, -0.15) is 0 Å². The van der Waals surface area contributed by atoms with Crippen LogP contribution in [0.4, 0.5) is 4.79 Å². The van der Waals surface area contributed by atoms with Crippen molar-refractivity contribution in [3.8, 4) is 5.75 Å². The van der Waals surface area contributed by atoms with Gasteiger partial charge < -0.3 is 18.7 Å². The molecule has 2 heterocycles. The lowest BCUT2D eigenvalue weighted by Crippen LogP contribution is -2.46. The molecule has 0 bridgehead atoms. The number of benzene rings is 2. The van der Waals surface area contributed by atoms with Gasteiger partial charge in [-0.05, 0) is 17.7 Å². The van der Waals surface area contributed by atoms with Crippen molar-refractivity contribution in [2.24, 2.45) is 0 Å². The summed E-state index contributed by atoms with van der Waals surface area (Å²) in [6, 6.07) is 18.4. The van der Waals surface area contributed by atoms with Gasteiger partial charge in [0.2, 0.25) is 0 Å². The van der Waals surface area contributed by atoms with Crippen LogP contribution in [-0.2, 0) is 29.9 Å². The van der Waals surface area contributed by atoms with Gasteiger partial charge in [-0.1, -0.05) is 48.5 Å². The zero-order chi connectivity index (χ0) is 18.7. The Balaban J connectivity index is 1.45. The second-order valence-corrected chi connectivity index (χ2v) is 8.31. The van der Waals surface area contributed by atoms with Gasteiger partial charge in [-0.15, -0.1) is 0 Å². The Kier molecular flexibility index (Phi) is 5.16. The molecule has 7 nitrogen and oxygen atoms in total. The van der Waals surface area contributed by atoms with Crippen LogP contribution in [0.3, 0.4) is 0 Å². The van der Waals surface area contributed by atoms with Crippen LogP contribution in [0.5, 0.6) is 5.75 Å². The molecule has 27 heavy (non-hydrogen) atoms. The lowest BCUT2D eigenvalue weighted by atomic mass is 10.1. The highest BCUT2D eigenvalue weighted by atomic mass is 31.2. The van der Waals surface area contributed by atoms with Gasteiger partial charge in [0, 0.05) is 0 Å². The average molecular weight is 390 g/mol. The van der Waals surface area contributed by atoms with E-state index >= 15 is 0 Å². The van der Waals surface area contributed by atoms with Gasteiger partial charge in [-0.25, -0.2) is 9.36 Å². The van der Waals surface area contributed by atoms with Crippen LogP contribution < -0.4 is 4.52 Å². The SMILES string of the molecule is O=C1O[C@H]2[C@H](C[P@@](=O)(Oc3ccccc3)O[C@@H]2COCc2ccccc2)O1.